The summed E-state index contributed by atoms with van der Waals surface area (Å²) >= 11 is 0. The fourth-order valence-electron chi connectivity index (χ4n) is 2.65. The fourth-order valence-corrected chi connectivity index (χ4v) is 2.65. The minimum absolute atomic E-state index is 0.135. The topological polar surface area (TPSA) is 71.5 Å². The van der Waals surface area contributed by atoms with E-state index in [1.165, 1.54) is 0 Å². The number of carboxylic acids is 1. The second kappa shape index (κ2) is 5.50. The average molecular weight is 278 g/mol. The summed E-state index contributed by atoms with van der Waals surface area (Å²) in [5.41, 5.74) is 1.53. The molecular formula is C15H22N2O3. The van der Waals surface area contributed by atoms with E-state index < -0.39 is 11.6 Å². The quantitative estimate of drug-likeness (QED) is 0.876. The molecule has 1 aliphatic heterocycles. The van der Waals surface area contributed by atoms with Crippen molar-refractivity contribution in [2.24, 2.45) is 0 Å². The number of nitrogens with one attached hydrogen (secondary N) is 1. The molecule has 1 fully saturated rings. The molecular weight excluding hydrogens is 256 g/mol. The highest BCUT2D eigenvalue weighted by Crippen LogP contribution is 2.25. The van der Waals surface area contributed by atoms with Gasteiger partial charge in [0.15, 0.2) is 5.60 Å². The van der Waals surface area contributed by atoms with Gasteiger partial charge in [-0.2, -0.15) is 0 Å². The van der Waals surface area contributed by atoms with Crippen molar-refractivity contribution < 1.29 is 14.6 Å². The molecule has 2 rings (SSSR count). The summed E-state index contributed by atoms with van der Waals surface area (Å²) < 4.78 is 5.85. The largest absolute Gasteiger partial charge is 0.479 e. The number of pyridine rings is 1. The Labute approximate surface area is 119 Å². The highest BCUT2D eigenvalue weighted by Gasteiger charge is 2.45. The van der Waals surface area contributed by atoms with Gasteiger partial charge in [0.1, 0.15) is 0 Å². The lowest BCUT2D eigenvalue weighted by Gasteiger charge is -2.41. The summed E-state index contributed by atoms with van der Waals surface area (Å²) in [6, 6.07) is 4.00. The SMILES string of the molecule is Cc1cc(C[C@]2(C(=O)O)CNC(C)[C@H](C)O2)cc(C)n1. The van der Waals surface area contributed by atoms with Gasteiger partial charge in [-0.15, -0.1) is 0 Å². The maximum Gasteiger partial charge on any atom is 0.337 e. The molecule has 5 heteroatoms. The number of nitrogens with zero attached hydrogens (tertiary/aromatic N) is 1. The zero-order chi connectivity index (χ0) is 14.9. The van der Waals surface area contributed by atoms with Gasteiger partial charge in [0.2, 0.25) is 0 Å². The van der Waals surface area contributed by atoms with Crippen molar-refractivity contribution in [2.75, 3.05) is 6.54 Å². The Kier molecular flexibility index (Phi) is 4.11. The number of morpholine rings is 1. The van der Waals surface area contributed by atoms with Gasteiger partial charge < -0.3 is 15.2 Å². The van der Waals surface area contributed by atoms with Crippen LogP contribution in [0, 0.1) is 13.8 Å². The molecule has 3 atom stereocenters. The van der Waals surface area contributed by atoms with Gasteiger partial charge in [-0.05, 0) is 45.4 Å². The van der Waals surface area contributed by atoms with E-state index in [0.29, 0.717) is 13.0 Å². The third-order valence-electron chi connectivity index (χ3n) is 3.85. The summed E-state index contributed by atoms with van der Waals surface area (Å²) in [7, 11) is 0. The number of carbonyl (C=O) groups is 1. The van der Waals surface area contributed by atoms with Gasteiger partial charge in [0.05, 0.1) is 6.10 Å². The highest BCUT2D eigenvalue weighted by molar-refractivity contribution is 5.78. The van der Waals surface area contributed by atoms with Crippen molar-refractivity contribution in [3.63, 3.8) is 0 Å². The first kappa shape index (κ1) is 14.9. The number of aliphatic carboxylic acids is 1. The van der Waals surface area contributed by atoms with Crippen molar-refractivity contribution >= 4 is 5.97 Å². The van der Waals surface area contributed by atoms with Crippen molar-refractivity contribution in [3.8, 4) is 0 Å². The van der Waals surface area contributed by atoms with E-state index in [4.69, 9.17) is 4.74 Å². The zero-order valence-corrected chi connectivity index (χ0v) is 12.4. The fraction of sp³-hybridized carbons (Fsp3) is 0.600. The number of hydrogen-bond acceptors (Lipinski definition) is 4. The smallest absolute Gasteiger partial charge is 0.337 e. The Balaban J connectivity index is 2.28. The number of ether oxygens (including phenoxy) is 1. The summed E-state index contributed by atoms with van der Waals surface area (Å²) in [4.78, 5) is 16.0. The van der Waals surface area contributed by atoms with Crippen LogP contribution in [0.4, 0.5) is 0 Å². The second-order valence-corrected chi connectivity index (χ2v) is 5.73. The molecule has 1 unspecified atom stereocenters. The van der Waals surface area contributed by atoms with Crippen LogP contribution in [-0.2, 0) is 16.0 Å². The number of aromatic nitrogens is 1. The minimum atomic E-state index is -1.20. The van der Waals surface area contributed by atoms with Gasteiger partial charge in [0, 0.05) is 30.4 Å². The van der Waals surface area contributed by atoms with E-state index in [2.05, 4.69) is 10.3 Å². The Hall–Kier alpha value is -1.46. The van der Waals surface area contributed by atoms with Crippen LogP contribution in [0.1, 0.15) is 30.8 Å². The van der Waals surface area contributed by atoms with Crippen molar-refractivity contribution in [1.29, 1.82) is 0 Å². The zero-order valence-electron chi connectivity index (χ0n) is 12.4. The molecule has 0 aromatic carbocycles. The van der Waals surface area contributed by atoms with E-state index in [0.717, 1.165) is 17.0 Å². The van der Waals surface area contributed by atoms with Crippen LogP contribution < -0.4 is 5.32 Å². The molecule has 0 amide bonds. The molecule has 20 heavy (non-hydrogen) atoms. The third kappa shape index (κ3) is 2.99. The van der Waals surface area contributed by atoms with E-state index in [1.54, 1.807) is 0 Å². The maximum atomic E-state index is 11.7. The molecule has 2 heterocycles. The predicted molar refractivity (Wildman–Crippen MR) is 75.8 cm³/mol. The van der Waals surface area contributed by atoms with Crippen LogP contribution in [0.3, 0.4) is 0 Å². The average Bonchev–Trinajstić information content (AvgIpc) is 2.32. The normalized spacial score (nSPS) is 30.2. The molecule has 0 bridgehead atoms. The molecule has 0 saturated carbocycles. The monoisotopic (exact) mass is 278 g/mol. The van der Waals surface area contributed by atoms with E-state index in [-0.39, 0.29) is 12.1 Å². The summed E-state index contributed by atoms with van der Waals surface area (Å²) in [6.07, 6.45) is 0.209. The molecule has 5 nitrogen and oxygen atoms in total. The Morgan fingerprint density at radius 3 is 2.55 bits per heavy atom. The lowest BCUT2D eigenvalue weighted by Crippen LogP contribution is -2.62. The van der Waals surface area contributed by atoms with Crippen molar-refractivity contribution in [2.45, 2.75) is 51.9 Å². The lowest BCUT2D eigenvalue weighted by atomic mass is 9.91. The standard InChI is InChI=1S/C15H22N2O3/c1-9-5-13(6-10(2)17-9)7-15(14(18)19)8-16-11(3)12(4)20-15/h5-6,11-12,16H,7-8H2,1-4H3,(H,18,19)/t11?,12-,15+/m0/s1. The summed E-state index contributed by atoms with van der Waals surface area (Å²) in [5, 5.41) is 12.8. The van der Waals surface area contributed by atoms with E-state index in [9.17, 15) is 9.90 Å². The lowest BCUT2D eigenvalue weighted by molar-refractivity contribution is -0.182. The third-order valence-corrected chi connectivity index (χ3v) is 3.85. The number of carboxylic acid groups (broad SMARTS) is 1. The highest BCUT2D eigenvalue weighted by atomic mass is 16.5. The van der Waals surface area contributed by atoms with Crippen LogP contribution in [0.5, 0.6) is 0 Å². The Morgan fingerprint density at radius 1 is 1.45 bits per heavy atom. The first-order valence-corrected chi connectivity index (χ1v) is 6.91. The molecule has 110 valence electrons. The van der Waals surface area contributed by atoms with Gasteiger partial charge in [-0.1, -0.05) is 0 Å². The van der Waals surface area contributed by atoms with Gasteiger partial charge in [0.25, 0.3) is 0 Å². The first-order valence-electron chi connectivity index (χ1n) is 6.91. The first-order chi connectivity index (χ1) is 9.32. The molecule has 1 aromatic rings. The van der Waals surface area contributed by atoms with Gasteiger partial charge in [-0.3, -0.25) is 4.98 Å². The molecule has 0 spiro atoms. The predicted octanol–water partition coefficient (Wildman–Crippen LogP) is 1.46. The van der Waals surface area contributed by atoms with Gasteiger partial charge in [-0.25, -0.2) is 4.79 Å². The second-order valence-electron chi connectivity index (χ2n) is 5.73. The van der Waals surface area contributed by atoms with Crippen LogP contribution >= 0.6 is 0 Å². The molecule has 0 radical (unpaired) electrons. The van der Waals surface area contributed by atoms with Crippen LogP contribution in [0.25, 0.3) is 0 Å². The molecule has 1 aliphatic rings. The number of aryl methyl sites for hydroxylation is 2. The molecule has 1 aromatic heterocycles. The number of rotatable bonds is 3. The van der Waals surface area contributed by atoms with E-state index >= 15 is 0 Å². The van der Waals surface area contributed by atoms with Crippen LogP contribution in [-0.4, -0.2) is 40.4 Å². The van der Waals surface area contributed by atoms with Crippen molar-refractivity contribution in [1.82, 2.24) is 10.3 Å². The Morgan fingerprint density at radius 2 is 2.05 bits per heavy atom. The van der Waals surface area contributed by atoms with Crippen molar-refractivity contribution in [3.05, 3.63) is 29.1 Å². The minimum Gasteiger partial charge on any atom is -0.479 e. The summed E-state index contributed by atoms with van der Waals surface area (Å²) in [5.74, 6) is -0.920. The molecule has 2 N–H and O–H groups in total. The maximum absolute atomic E-state index is 11.7. The summed E-state index contributed by atoms with van der Waals surface area (Å²) in [6.45, 7) is 8.03. The van der Waals surface area contributed by atoms with Crippen LogP contribution in [0.2, 0.25) is 0 Å². The molecule has 1 saturated heterocycles. The molecule has 0 aliphatic carbocycles. The Bertz CT molecular complexity index is 498. The van der Waals surface area contributed by atoms with Crippen LogP contribution in [0.15, 0.2) is 12.1 Å². The van der Waals surface area contributed by atoms with E-state index in [1.807, 2.05) is 39.8 Å². The number of hydrogen-bond donors (Lipinski definition) is 2. The van der Waals surface area contributed by atoms with Gasteiger partial charge >= 0.3 is 5.97 Å².